The number of anilines is 1. The van der Waals surface area contributed by atoms with E-state index in [1.54, 1.807) is 0 Å². The lowest BCUT2D eigenvalue weighted by Crippen LogP contribution is -2.56. The Balaban J connectivity index is 1.23. The number of halogens is 3. The highest BCUT2D eigenvalue weighted by atomic mass is 35.5. The molecule has 5 fully saturated rings. The molecule has 6 heterocycles. The largest absolute Gasteiger partial charge is 0.508 e. The zero-order valence-corrected chi connectivity index (χ0v) is 27.0. The standard InChI is InChI=1S/C31H36ClF2N7O4S/c1-17-8-20(17)24-21(9-19(42)10-23(24)32)26-25(34)27-22(12-35-26)28(40-6-2-4-30(15-40)14-36-46(43,44)39-30)38-29(37-27)45-16-31-5-3-7-41(31)13-18(33)11-31/h9-10,12,17-18,20,36,39,42H,2-8,11,13-16H2,1H3/t17-,18-,20+,30?,31+/m1/s1. The van der Waals surface area contributed by atoms with Gasteiger partial charge in [0, 0.05) is 49.4 Å². The van der Waals surface area contributed by atoms with Crippen LogP contribution in [0.3, 0.4) is 0 Å². The van der Waals surface area contributed by atoms with Crippen LogP contribution in [0.4, 0.5) is 14.6 Å². The monoisotopic (exact) mass is 675 g/mol. The fraction of sp³-hybridized carbons (Fsp3) is 0.581. The quantitative estimate of drug-likeness (QED) is 0.354. The van der Waals surface area contributed by atoms with Crippen LogP contribution < -0.4 is 19.1 Å². The van der Waals surface area contributed by atoms with E-state index in [0.29, 0.717) is 66.6 Å². The Morgan fingerprint density at radius 2 is 2.02 bits per heavy atom. The molecule has 8 rings (SSSR count). The number of fused-ring (bicyclic) bond motifs is 2. The Morgan fingerprint density at radius 3 is 2.78 bits per heavy atom. The number of phenols is 1. The van der Waals surface area contributed by atoms with Crippen molar-refractivity contribution in [3.63, 3.8) is 0 Å². The van der Waals surface area contributed by atoms with Crippen LogP contribution in [0.15, 0.2) is 18.3 Å². The first-order valence-corrected chi connectivity index (χ1v) is 17.8. The van der Waals surface area contributed by atoms with E-state index in [1.165, 1.54) is 18.3 Å². The highest BCUT2D eigenvalue weighted by molar-refractivity contribution is 7.87. The maximum atomic E-state index is 16.8. The predicted molar refractivity (Wildman–Crippen MR) is 169 cm³/mol. The van der Waals surface area contributed by atoms with E-state index in [-0.39, 0.29) is 42.0 Å². The van der Waals surface area contributed by atoms with Gasteiger partial charge in [-0.3, -0.25) is 9.88 Å². The van der Waals surface area contributed by atoms with Crippen molar-refractivity contribution in [1.82, 2.24) is 29.3 Å². The molecule has 3 N–H and O–H groups in total. The summed E-state index contributed by atoms with van der Waals surface area (Å²) in [5.74, 6) is 0.0556. The number of piperidine rings is 1. The average molecular weight is 676 g/mol. The molecule has 15 heteroatoms. The molecule has 1 unspecified atom stereocenters. The van der Waals surface area contributed by atoms with Gasteiger partial charge in [-0.15, -0.1) is 0 Å². The first kappa shape index (κ1) is 30.4. The lowest BCUT2D eigenvalue weighted by Gasteiger charge is -2.40. The number of aromatic nitrogens is 3. The minimum Gasteiger partial charge on any atom is -0.508 e. The SMILES string of the molecule is C[C@@H]1C[C@@H]1c1c(Cl)cc(O)cc1-c1ncc2c(N3CCCC4(CNS(=O)(=O)N4)C3)nc(OC[C@@]34CCCN3C[C@H](F)C4)nc2c1F. The molecule has 5 aliphatic rings. The van der Waals surface area contributed by atoms with Gasteiger partial charge in [0.05, 0.1) is 16.5 Å². The molecular formula is C31H36ClF2N7O4S. The third kappa shape index (κ3) is 5.16. The number of hydrogen-bond acceptors (Lipinski definition) is 9. The van der Waals surface area contributed by atoms with Gasteiger partial charge in [-0.05, 0) is 68.2 Å². The predicted octanol–water partition coefficient (Wildman–Crippen LogP) is 4.05. The van der Waals surface area contributed by atoms with Crippen LogP contribution in [-0.2, 0) is 10.2 Å². The Morgan fingerprint density at radius 1 is 1.22 bits per heavy atom. The number of aromatic hydroxyl groups is 1. The van der Waals surface area contributed by atoms with Crippen LogP contribution in [0.2, 0.25) is 5.02 Å². The minimum atomic E-state index is -3.63. The average Bonchev–Trinajstić information content (AvgIpc) is 3.29. The van der Waals surface area contributed by atoms with Crippen molar-refractivity contribution in [2.45, 2.75) is 68.6 Å². The van der Waals surface area contributed by atoms with Gasteiger partial charge in [0.15, 0.2) is 5.82 Å². The van der Waals surface area contributed by atoms with Gasteiger partial charge in [0.2, 0.25) is 0 Å². The van der Waals surface area contributed by atoms with E-state index in [2.05, 4.69) is 31.2 Å². The lowest BCUT2D eigenvalue weighted by atomic mass is 9.90. The summed E-state index contributed by atoms with van der Waals surface area (Å²) in [6, 6.07) is 2.90. The molecule has 46 heavy (non-hydrogen) atoms. The molecule has 11 nitrogen and oxygen atoms in total. The van der Waals surface area contributed by atoms with E-state index in [0.717, 1.165) is 31.4 Å². The Kier molecular flexibility index (Phi) is 7.15. The van der Waals surface area contributed by atoms with Gasteiger partial charge in [0.1, 0.15) is 35.6 Å². The second-order valence-electron chi connectivity index (χ2n) is 13.8. The van der Waals surface area contributed by atoms with Crippen molar-refractivity contribution >= 4 is 38.5 Å². The zero-order chi connectivity index (χ0) is 32.0. The fourth-order valence-corrected chi connectivity index (χ4v) is 9.89. The number of hydrogen-bond donors (Lipinski definition) is 3. The number of nitrogens with one attached hydrogen (secondary N) is 2. The fourth-order valence-electron chi connectivity index (χ4n) is 8.19. The van der Waals surface area contributed by atoms with E-state index < -0.39 is 33.3 Å². The summed E-state index contributed by atoms with van der Waals surface area (Å²) in [5.41, 5.74) is -0.0698. The summed E-state index contributed by atoms with van der Waals surface area (Å²) in [6.45, 7) is 4.48. The number of phenolic OH excluding ortho intramolecular Hbond substituents is 1. The van der Waals surface area contributed by atoms with E-state index in [9.17, 15) is 17.9 Å². The number of ether oxygens (including phenoxy) is 1. The number of rotatable bonds is 6. The molecule has 1 saturated carbocycles. The third-order valence-electron chi connectivity index (χ3n) is 10.6. The van der Waals surface area contributed by atoms with Gasteiger partial charge in [-0.1, -0.05) is 18.5 Å². The normalized spacial score (nSPS) is 32.0. The molecule has 1 aromatic carbocycles. The van der Waals surface area contributed by atoms with Crippen LogP contribution in [0.25, 0.3) is 22.2 Å². The summed E-state index contributed by atoms with van der Waals surface area (Å²) in [6.07, 6.45) is 4.86. The maximum absolute atomic E-state index is 16.8. The topological polar surface area (TPSA) is 133 Å². The zero-order valence-electron chi connectivity index (χ0n) is 25.4. The van der Waals surface area contributed by atoms with Crippen molar-refractivity contribution < 1.29 is 27.0 Å². The van der Waals surface area contributed by atoms with Crippen molar-refractivity contribution in [1.29, 1.82) is 0 Å². The molecule has 4 aliphatic heterocycles. The van der Waals surface area contributed by atoms with Gasteiger partial charge in [0.25, 0.3) is 10.2 Å². The highest BCUT2D eigenvalue weighted by Crippen LogP contribution is 2.53. The van der Waals surface area contributed by atoms with E-state index in [1.807, 2.05) is 4.90 Å². The van der Waals surface area contributed by atoms with Crippen molar-refractivity contribution in [2.24, 2.45) is 5.92 Å². The third-order valence-corrected chi connectivity index (χ3v) is 12.1. The minimum absolute atomic E-state index is 0.00879. The molecule has 4 saturated heterocycles. The molecule has 0 bridgehead atoms. The van der Waals surface area contributed by atoms with Crippen LogP contribution >= 0.6 is 11.6 Å². The Hall–Kier alpha value is -2.91. The van der Waals surface area contributed by atoms with Crippen LogP contribution in [0, 0.1) is 11.7 Å². The van der Waals surface area contributed by atoms with Crippen LogP contribution in [-0.4, -0.2) is 90.0 Å². The van der Waals surface area contributed by atoms with Crippen LogP contribution in [0.1, 0.15) is 56.9 Å². The summed E-state index contributed by atoms with van der Waals surface area (Å²) >= 11 is 6.60. The molecule has 1 spiro atoms. The summed E-state index contributed by atoms with van der Waals surface area (Å²) in [7, 11) is -3.63. The van der Waals surface area contributed by atoms with Crippen molar-refractivity contribution in [3.8, 4) is 23.0 Å². The van der Waals surface area contributed by atoms with Gasteiger partial charge in [-0.25, -0.2) is 13.5 Å². The maximum Gasteiger partial charge on any atom is 0.319 e. The number of nitrogens with zero attached hydrogens (tertiary/aromatic N) is 5. The Bertz CT molecular complexity index is 1850. The number of benzene rings is 1. The number of pyridine rings is 1. The first-order valence-electron chi connectivity index (χ1n) is 15.9. The van der Waals surface area contributed by atoms with Gasteiger partial charge < -0.3 is 14.7 Å². The molecule has 1 aliphatic carbocycles. The smallest absolute Gasteiger partial charge is 0.319 e. The second kappa shape index (κ2) is 10.8. The van der Waals surface area contributed by atoms with E-state index in [4.69, 9.17) is 21.3 Å². The van der Waals surface area contributed by atoms with Crippen molar-refractivity contribution in [2.75, 3.05) is 44.2 Å². The lowest BCUT2D eigenvalue weighted by molar-refractivity contribution is 0.107. The molecule has 2 aromatic heterocycles. The number of alkyl halides is 1. The molecule has 0 radical (unpaired) electrons. The Labute approximate surface area is 270 Å². The van der Waals surface area contributed by atoms with E-state index >= 15 is 4.39 Å². The second-order valence-corrected chi connectivity index (χ2v) is 15.7. The molecular weight excluding hydrogens is 640 g/mol. The molecule has 3 aromatic rings. The summed E-state index contributed by atoms with van der Waals surface area (Å²) in [4.78, 5) is 17.9. The molecule has 5 atom stereocenters. The van der Waals surface area contributed by atoms with Gasteiger partial charge in [-0.2, -0.15) is 23.1 Å². The molecule has 0 amide bonds. The first-order chi connectivity index (χ1) is 21.9. The molecule has 246 valence electrons. The summed E-state index contributed by atoms with van der Waals surface area (Å²) < 4.78 is 67.4. The van der Waals surface area contributed by atoms with Crippen molar-refractivity contribution in [3.05, 3.63) is 34.7 Å². The highest BCUT2D eigenvalue weighted by Gasteiger charge is 2.50. The van der Waals surface area contributed by atoms with Crippen LogP contribution in [0.5, 0.6) is 11.8 Å². The van der Waals surface area contributed by atoms with Gasteiger partial charge >= 0.3 is 6.01 Å². The summed E-state index contributed by atoms with van der Waals surface area (Å²) in [5, 5.41) is 11.1.